The minimum Gasteiger partial charge on any atom is -0.543 e. The molecule has 1 aliphatic rings. The summed E-state index contributed by atoms with van der Waals surface area (Å²) in [6, 6.07) is 7.33. The lowest BCUT2D eigenvalue weighted by Gasteiger charge is -2.04. The van der Waals surface area contributed by atoms with E-state index in [1.54, 1.807) is 0 Å². The molecule has 184 valence electrons. The summed E-state index contributed by atoms with van der Waals surface area (Å²) in [7, 11) is 0. The molecule has 3 rings (SSSR count). The third-order valence-corrected chi connectivity index (χ3v) is 3.50. The number of aromatic nitrogens is 2. The smallest absolute Gasteiger partial charge is 0.354 e. The number of carbonyl (C=O) groups is 4. The standard InChI is InChI=1S/2C7H5NO4.C4H10N2.3H2O/c2*9-6(10)4-2-1-3-5(8-4)7(11)12;1-2-6-4-3-5-1;;;/h2*1-3H,(H,9,10)(H,11,12);5-6H,1-4H2;3*1H2. The Morgan fingerprint density at radius 2 is 0.909 bits per heavy atom. The summed E-state index contributed by atoms with van der Waals surface area (Å²) in [5.41, 5.74) is -1.38. The lowest BCUT2D eigenvalue weighted by atomic mass is 10.3. The Morgan fingerprint density at radius 1 is 0.636 bits per heavy atom. The number of hydrogen-bond acceptors (Lipinski definition) is 8. The topological polar surface area (TPSA) is 308 Å². The minimum atomic E-state index is -1.49. The SMILES string of the molecule is C1C[NH2+]CC[NH2+]1.O.O.O.O=C([O-])c1cccc(C(=O)O)n1.O=C([O-])c1cccc(C(=O)O)n1. The van der Waals surface area contributed by atoms with Crippen LogP contribution in [0.15, 0.2) is 36.4 Å². The molecule has 33 heavy (non-hydrogen) atoms. The molecule has 1 fully saturated rings. The van der Waals surface area contributed by atoms with E-state index in [4.69, 9.17) is 10.2 Å². The predicted molar refractivity (Wildman–Crippen MR) is 105 cm³/mol. The Labute approximate surface area is 186 Å². The van der Waals surface area contributed by atoms with Gasteiger partial charge in [-0.2, -0.15) is 0 Å². The number of quaternary nitrogens is 2. The van der Waals surface area contributed by atoms with Gasteiger partial charge in [0.15, 0.2) is 0 Å². The molecule has 1 saturated heterocycles. The fourth-order valence-corrected chi connectivity index (χ4v) is 2.10. The number of carbonyl (C=O) groups excluding carboxylic acids is 2. The van der Waals surface area contributed by atoms with Crippen molar-refractivity contribution in [1.82, 2.24) is 9.97 Å². The normalized spacial score (nSPS) is 11.2. The number of piperazine rings is 1. The summed E-state index contributed by atoms with van der Waals surface area (Å²) in [5, 5.41) is 42.0. The van der Waals surface area contributed by atoms with E-state index in [1.165, 1.54) is 62.6 Å². The van der Waals surface area contributed by atoms with Crippen LogP contribution in [0, 0.1) is 0 Å². The molecule has 15 heteroatoms. The summed E-state index contributed by atoms with van der Waals surface area (Å²) in [4.78, 5) is 47.6. The Kier molecular flexibility index (Phi) is 18.0. The first-order valence-corrected chi connectivity index (χ1v) is 8.69. The van der Waals surface area contributed by atoms with Gasteiger partial charge in [-0.15, -0.1) is 0 Å². The fourth-order valence-electron chi connectivity index (χ4n) is 2.10. The molecule has 0 radical (unpaired) electrons. The van der Waals surface area contributed by atoms with E-state index in [2.05, 4.69) is 20.6 Å². The summed E-state index contributed by atoms with van der Waals surface area (Å²) < 4.78 is 0. The largest absolute Gasteiger partial charge is 0.543 e. The summed E-state index contributed by atoms with van der Waals surface area (Å²) in [5.74, 6) is -5.51. The Balaban J connectivity index is -0.000000410. The lowest BCUT2D eigenvalue weighted by Crippen LogP contribution is -3.04. The van der Waals surface area contributed by atoms with Crippen LogP contribution in [0.4, 0.5) is 0 Å². The summed E-state index contributed by atoms with van der Waals surface area (Å²) in [6.07, 6.45) is 0. The highest BCUT2D eigenvalue weighted by atomic mass is 16.4. The zero-order valence-corrected chi connectivity index (χ0v) is 17.2. The van der Waals surface area contributed by atoms with Gasteiger partial charge in [-0.05, 0) is 24.3 Å². The number of carboxylic acid groups (broad SMARTS) is 4. The molecule has 0 aliphatic carbocycles. The van der Waals surface area contributed by atoms with Crippen molar-refractivity contribution < 1.29 is 66.7 Å². The van der Waals surface area contributed by atoms with Gasteiger partial charge in [0.25, 0.3) is 0 Å². The van der Waals surface area contributed by atoms with E-state index in [0.29, 0.717) is 0 Å². The number of nitrogens with two attached hydrogens (primary N) is 2. The van der Waals surface area contributed by atoms with E-state index in [1.807, 2.05) is 0 Å². The number of nitrogens with zero attached hydrogens (tertiary/aromatic N) is 2. The average molecular weight is 474 g/mol. The molecule has 12 N–H and O–H groups in total. The van der Waals surface area contributed by atoms with E-state index in [0.717, 1.165) is 0 Å². The van der Waals surface area contributed by atoms with Gasteiger partial charge in [-0.3, -0.25) is 0 Å². The molecule has 0 aromatic carbocycles. The Bertz CT molecular complexity index is 767. The van der Waals surface area contributed by atoms with Crippen molar-refractivity contribution in [3.05, 3.63) is 59.2 Å². The van der Waals surface area contributed by atoms with Crippen molar-refractivity contribution in [3.63, 3.8) is 0 Å². The second kappa shape index (κ2) is 17.6. The van der Waals surface area contributed by atoms with Crippen LogP contribution in [-0.4, -0.2) is 86.7 Å². The summed E-state index contributed by atoms with van der Waals surface area (Å²) >= 11 is 0. The molecule has 1 aliphatic heterocycles. The van der Waals surface area contributed by atoms with Gasteiger partial charge in [0.05, 0.1) is 23.3 Å². The van der Waals surface area contributed by atoms with Crippen molar-refractivity contribution >= 4 is 23.9 Å². The molecule has 0 amide bonds. The molecular weight excluding hydrogens is 448 g/mol. The fraction of sp³-hybridized carbons (Fsp3) is 0.222. The maximum atomic E-state index is 10.3. The van der Waals surface area contributed by atoms with Gasteiger partial charge in [0.1, 0.15) is 37.6 Å². The van der Waals surface area contributed by atoms with Crippen LogP contribution >= 0.6 is 0 Å². The highest BCUT2D eigenvalue weighted by Crippen LogP contribution is 1.98. The first-order valence-electron chi connectivity index (χ1n) is 8.69. The van der Waals surface area contributed by atoms with Crippen molar-refractivity contribution in [2.45, 2.75) is 0 Å². The predicted octanol–water partition coefficient (Wildman–Crippen LogP) is -7.06. The maximum Gasteiger partial charge on any atom is 0.354 e. The average Bonchev–Trinajstić information content (AvgIpc) is 2.76. The third kappa shape index (κ3) is 13.1. The highest BCUT2D eigenvalue weighted by molar-refractivity contribution is 5.89. The molecule has 2 aromatic heterocycles. The number of hydrogen-bond donors (Lipinski definition) is 4. The third-order valence-electron chi connectivity index (χ3n) is 3.50. The van der Waals surface area contributed by atoms with Crippen LogP contribution in [0.1, 0.15) is 42.0 Å². The number of aromatic carboxylic acids is 4. The van der Waals surface area contributed by atoms with Gasteiger partial charge in [-0.1, -0.05) is 12.1 Å². The van der Waals surface area contributed by atoms with Crippen LogP contribution in [0.3, 0.4) is 0 Å². The monoisotopic (exact) mass is 474 g/mol. The molecule has 2 aromatic rings. The van der Waals surface area contributed by atoms with Gasteiger partial charge >= 0.3 is 11.9 Å². The van der Waals surface area contributed by atoms with Crippen molar-refractivity contribution in [3.8, 4) is 0 Å². The van der Waals surface area contributed by atoms with Crippen molar-refractivity contribution in [1.29, 1.82) is 0 Å². The quantitative estimate of drug-likeness (QED) is 0.324. The summed E-state index contributed by atoms with van der Waals surface area (Å²) in [6.45, 7) is 5.28. The second-order valence-corrected chi connectivity index (χ2v) is 5.73. The van der Waals surface area contributed by atoms with Gasteiger partial charge in [0.2, 0.25) is 0 Å². The Morgan fingerprint density at radius 3 is 1.12 bits per heavy atom. The molecule has 0 bridgehead atoms. The van der Waals surface area contributed by atoms with E-state index in [-0.39, 0.29) is 39.2 Å². The molecular formula is C18H26N4O11. The van der Waals surface area contributed by atoms with E-state index in [9.17, 15) is 29.4 Å². The van der Waals surface area contributed by atoms with Gasteiger partial charge < -0.3 is 57.1 Å². The number of pyridine rings is 2. The van der Waals surface area contributed by atoms with Crippen molar-refractivity contribution in [2.24, 2.45) is 0 Å². The molecule has 0 spiro atoms. The van der Waals surface area contributed by atoms with Crippen LogP contribution in [0.25, 0.3) is 0 Å². The molecule has 3 heterocycles. The number of rotatable bonds is 4. The number of carboxylic acids is 4. The first kappa shape index (κ1) is 33.6. The maximum absolute atomic E-state index is 10.3. The molecule has 0 unspecified atom stereocenters. The van der Waals surface area contributed by atoms with E-state index >= 15 is 0 Å². The lowest BCUT2D eigenvalue weighted by molar-refractivity contribution is -0.787. The second-order valence-electron chi connectivity index (χ2n) is 5.73. The van der Waals surface area contributed by atoms with Gasteiger partial charge in [-0.25, -0.2) is 19.6 Å². The zero-order chi connectivity index (χ0) is 22.5. The van der Waals surface area contributed by atoms with Crippen LogP contribution in [-0.2, 0) is 0 Å². The van der Waals surface area contributed by atoms with Gasteiger partial charge in [0, 0.05) is 0 Å². The van der Waals surface area contributed by atoms with E-state index < -0.39 is 23.9 Å². The van der Waals surface area contributed by atoms with Crippen LogP contribution in [0.5, 0.6) is 0 Å². The Hall–Kier alpha value is -4.02. The zero-order valence-electron chi connectivity index (χ0n) is 17.2. The van der Waals surface area contributed by atoms with Crippen LogP contribution < -0.4 is 20.8 Å². The minimum absolute atomic E-state index is 0. The highest BCUT2D eigenvalue weighted by Gasteiger charge is 2.05. The molecule has 15 nitrogen and oxygen atoms in total. The van der Waals surface area contributed by atoms with Crippen LogP contribution in [0.2, 0.25) is 0 Å². The molecule has 0 saturated carbocycles. The van der Waals surface area contributed by atoms with Crippen molar-refractivity contribution in [2.75, 3.05) is 26.2 Å². The first-order chi connectivity index (χ1) is 14.2. The molecule has 0 atom stereocenters.